The standard InChI is InChI=1S/C15H18BrN3O3/c1-3-11-13(15(22)17-6-4-5-12(20)21)19-8-9(2)7-10(16)14(19)18-11/h7-8H,3-6H2,1-2H3,(H,17,22)(H,20,21). The summed E-state index contributed by atoms with van der Waals surface area (Å²) in [5.41, 5.74) is 2.96. The van der Waals surface area contributed by atoms with E-state index in [0.717, 1.165) is 15.7 Å². The fourth-order valence-corrected chi connectivity index (χ4v) is 2.93. The third-order valence-electron chi connectivity index (χ3n) is 3.29. The normalized spacial score (nSPS) is 10.9. The number of fused-ring (bicyclic) bond motifs is 1. The highest BCUT2D eigenvalue weighted by Gasteiger charge is 2.19. The molecule has 0 unspecified atom stereocenters. The fraction of sp³-hybridized carbons (Fsp3) is 0.400. The first kappa shape index (κ1) is 16.5. The van der Waals surface area contributed by atoms with E-state index in [1.807, 2.05) is 26.1 Å². The molecule has 0 aliphatic heterocycles. The zero-order chi connectivity index (χ0) is 16.3. The average molecular weight is 368 g/mol. The van der Waals surface area contributed by atoms with Crippen molar-refractivity contribution in [3.8, 4) is 0 Å². The van der Waals surface area contributed by atoms with Crippen molar-refractivity contribution in [2.45, 2.75) is 33.1 Å². The highest BCUT2D eigenvalue weighted by atomic mass is 79.9. The van der Waals surface area contributed by atoms with Gasteiger partial charge in [-0.15, -0.1) is 0 Å². The van der Waals surface area contributed by atoms with Crippen molar-refractivity contribution >= 4 is 33.5 Å². The van der Waals surface area contributed by atoms with Crippen LogP contribution in [0.5, 0.6) is 0 Å². The van der Waals surface area contributed by atoms with Gasteiger partial charge in [-0.1, -0.05) is 6.92 Å². The van der Waals surface area contributed by atoms with E-state index in [-0.39, 0.29) is 12.3 Å². The van der Waals surface area contributed by atoms with Gasteiger partial charge in [0.25, 0.3) is 5.91 Å². The summed E-state index contributed by atoms with van der Waals surface area (Å²) in [7, 11) is 0. The van der Waals surface area contributed by atoms with E-state index < -0.39 is 5.97 Å². The average Bonchev–Trinajstić information content (AvgIpc) is 2.82. The zero-order valence-electron chi connectivity index (χ0n) is 12.5. The van der Waals surface area contributed by atoms with E-state index in [9.17, 15) is 9.59 Å². The number of carbonyl (C=O) groups excluding carboxylic acids is 1. The van der Waals surface area contributed by atoms with Gasteiger partial charge in [0.15, 0.2) is 5.65 Å². The van der Waals surface area contributed by atoms with E-state index in [1.165, 1.54) is 0 Å². The summed E-state index contributed by atoms with van der Waals surface area (Å²) in [6.07, 6.45) is 2.96. The lowest BCUT2D eigenvalue weighted by atomic mass is 10.2. The predicted octanol–water partition coefficient (Wildman–Crippen LogP) is 2.56. The third kappa shape index (κ3) is 3.47. The first-order chi connectivity index (χ1) is 10.4. The number of carboxylic acids is 1. The molecule has 1 amide bonds. The minimum Gasteiger partial charge on any atom is -0.481 e. The van der Waals surface area contributed by atoms with Crippen LogP contribution < -0.4 is 5.32 Å². The van der Waals surface area contributed by atoms with Crippen LogP contribution in [0.2, 0.25) is 0 Å². The molecule has 2 aromatic heterocycles. The summed E-state index contributed by atoms with van der Waals surface area (Å²) in [6, 6.07) is 1.95. The second-order valence-corrected chi connectivity index (χ2v) is 5.93. The van der Waals surface area contributed by atoms with Crippen LogP contribution in [0.4, 0.5) is 0 Å². The predicted molar refractivity (Wildman–Crippen MR) is 86.2 cm³/mol. The van der Waals surface area contributed by atoms with E-state index in [4.69, 9.17) is 5.11 Å². The van der Waals surface area contributed by atoms with Crippen LogP contribution in [0.1, 0.15) is 41.5 Å². The smallest absolute Gasteiger partial charge is 0.303 e. The maximum Gasteiger partial charge on any atom is 0.303 e. The molecular weight excluding hydrogens is 350 g/mol. The zero-order valence-corrected chi connectivity index (χ0v) is 14.1. The van der Waals surface area contributed by atoms with Gasteiger partial charge in [0.1, 0.15) is 5.69 Å². The molecule has 0 radical (unpaired) electrons. The Labute approximate surface area is 136 Å². The summed E-state index contributed by atoms with van der Waals surface area (Å²) in [5, 5.41) is 11.4. The molecule has 118 valence electrons. The molecule has 7 heteroatoms. The van der Waals surface area contributed by atoms with Crippen molar-refractivity contribution < 1.29 is 14.7 Å². The maximum atomic E-state index is 12.4. The van der Waals surface area contributed by atoms with Gasteiger partial charge < -0.3 is 10.4 Å². The molecule has 0 aliphatic carbocycles. The minimum atomic E-state index is -0.863. The van der Waals surface area contributed by atoms with E-state index in [1.54, 1.807) is 4.40 Å². The fourth-order valence-electron chi connectivity index (χ4n) is 2.29. The number of carboxylic acid groups (broad SMARTS) is 1. The van der Waals surface area contributed by atoms with Crippen LogP contribution in [-0.2, 0) is 11.2 Å². The van der Waals surface area contributed by atoms with Gasteiger partial charge in [0, 0.05) is 19.2 Å². The van der Waals surface area contributed by atoms with E-state index >= 15 is 0 Å². The Bertz CT molecular complexity index is 724. The molecule has 2 N–H and O–H groups in total. The van der Waals surface area contributed by atoms with Gasteiger partial charge in [-0.05, 0) is 47.3 Å². The van der Waals surface area contributed by atoms with Gasteiger partial charge in [-0.3, -0.25) is 14.0 Å². The Morgan fingerprint density at radius 2 is 2.18 bits per heavy atom. The molecule has 2 heterocycles. The van der Waals surface area contributed by atoms with Crippen molar-refractivity contribution in [1.82, 2.24) is 14.7 Å². The number of pyridine rings is 1. The summed E-state index contributed by atoms with van der Waals surface area (Å²) < 4.78 is 2.62. The van der Waals surface area contributed by atoms with Crippen LogP contribution in [0.3, 0.4) is 0 Å². The van der Waals surface area contributed by atoms with Gasteiger partial charge in [0.05, 0.1) is 10.2 Å². The Kier molecular flexibility index (Phi) is 5.18. The molecule has 0 aromatic carbocycles. The van der Waals surface area contributed by atoms with Crippen LogP contribution in [0.15, 0.2) is 16.7 Å². The highest BCUT2D eigenvalue weighted by Crippen LogP contribution is 2.23. The second-order valence-electron chi connectivity index (χ2n) is 5.07. The van der Waals surface area contributed by atoms with Crippen molar-refractivity contribution in [2.24, 2.45) is 0 Å². The van der Waals surface area contributed by atoms with Crippen molar-refractivity contribution in [2.75, 3.05) is 6.54 Å². The van der Waals surface area contributed by atoms with Crippen molar-refractivity contribution in [3.05, 3.63) is 33.7 Å². The monoisotopic (exact) mass is 367 g/mol. The lowest BCUT2D eigenvalue weighted by Crippen LogP contribution is -2.27. The largest absolute Gasteiger partial charge is 0.481 e. The van der Waals surface area contributed by atoms with Crippen LogP contribution in [-0.4, -0.2) is 32.9 Å². The molecule has 2 aromatic rings. The van der Waals surface area contributed by atoms with Crippen molar-refractivity contribution in [3.63, 3.8) is 0 Å². The number of hydrogen-bond donors (Lipinski definition) is 2. The lowest BCUT2D eigenvalue weighted by Gasteiger charge is -2.07. The van der Waals surface area contributed by atoms with Gasteiger partial charge in [-0.2, -0.15) is 0 Å². The molecule has 0 spiro atoms. The highest BCUT2D eigenvalue weighted by molar-refractivity contribution is 9.10. The molecule has 0 atom stereocenters. The Morgan fingerprint density at radius 1 is 1.45 bits per heavy atom. The number of nitrogens with zero attached hydrogens (tertiary/aromatic N) is 2. The molecule has 0 fully saturated rings. The number of carbonyl (C=O) groups is 2. The molecule has 0 saturated heterocycles. The number of aryl methyl sites for hydroxylation is 2. The number of imidazole rings is 1. The summed E-state index contributed by atoms with van der Waals surface area (Å²) in [6.45, 7) is 4.22. The van der Waals surface area contributed by atoms with Crippen molar-refractivity contribution in [1.29, 1.82) is 0 Å². The number of rotatable bonds is 6. The Morgan fingerprint density at radius 3 is 2.82 bits per heavy atom. The minimum absolute atomic E-state index is 0.0404. The lowest BCUT2D eigenvalue weighted by molar-refractivity contribution is -0.137. The second kappa shape index (κ2) is 6.91. The Balaban J connectivity index is 2.29. The van der Waals surface area contributed by atoms with E-state index in [2.05, 4.69) is 26.2 Å². The number of hydrogen-bond acceptors (Lipinski definition) is 3. The number of aromatic nitrogens is 2. The molecule has 2 rings (SSSR count). The topological polar surface area (TPSA) is 83.7 Å². The molecule has 0 bridgehead atoms. The number of amides is 1. The summed E-state index contributed by atoms with van der Waals surface area (Å²) in [5.74, 6) is -1.09. The third-order valence-corrected chi connectivity index (χ3v) is 3.87. The first-order valence-corrected chi connectivity index (χ1v) is 7.90. The van der Waals surface area contributed by atoms with Gasteiger partial charge in [0.2, 0.25) is 0 Å². The van der Waals surface area contributed by atoms with Gasteiger partial charge in [-0.25, -0.2) is 4.98 Å². The van der Waals surface area contributed by atoms with Crippen LogP contribution in [0, 0.1) is 6.92 Å². The molecule has 22 heavy (non-hydrogen) atoms. The number of nitrogens with one attached hydrogen (secondary N) is 1. The molecule has 6 nitrogen and oxygen atoms in total. The van der Waals surface area contributed by atoms with E-state index in [0.29, 0.717) is 30.7 Å². The first-order valence-electron chi connectivity index (χ1n) is 7.11. The molecule has 0 saturated carbocycles. The van der Waals surface area contributed by atoms with Crippen LogP contribution in [0.25, 0.3) is 5.65 Å². The number of halogens is 1. The Hall–Kier alpha value is -1.89. The molecular formula is C15H18BrN3O3. The van der Waals surface area contributed by atoms with Crippen LogP contribution >= 0.6 is 15.9 Å². The quantitative estimate of drug-likeness (QED) is 0.768. The molecule has 0 aliphatic rings. The van der Waals surface area contributed by atoms with Gasteiger partial charge >= 0.3 is 5.97 Å². The summed E-state index contributed by atoms with van der Waals surface area (Å²) >= 11 is 3.47. The maximum absolute atomic E-state index is 12.4. The SMILES string of the molecule is CCc1nc2c(Br)cc(C)cn2c1C(=O)NCCCC(=O)O. The number of aliphatic carboxylic acids is 1. The summed E-state index contributed by atoms with van der Waals surface area (Å²) in [4.78, 5) is 27.4.